The Labute approximate surface area is 131 Å². The lowest BCUT2D eigenvalue weighted by Gasteiger charge is -2.01. The topological polar surface area (TPSA) is 63.5 Å². The van der Waals surface area contributed by atoms with Crippen molar-refractivity contribution in [1.82, 2.24) is 9.38 Å². The van der Waals surface area contributed by atoms with Gasteiger partial charge in [-0.3, -0.25) is 14.0 Å². The Hall–Kier alpha value is -2.47. The highest BCUT2D eigenvalue weighted by Gasteiger charge is 2.13. The number of hydrogen-bond donors (Lipinski definition) is 1. The summed E-state index contributed by atoms with van der Waals surface area (Å²) in [5.74, 6) is -0.238. The maximum atomic E-state index is 12.3. The zero-order valence-electron chi connectivity index (χ0n) is 12.1. The van der Waals surface area contributed by atoms with Gasteiger partial charge in [-0.25, -0.2) is 4.98 Å². The Morgan fingerprint density at radius 1 is 1.32 bits per heavy atom. The molecule has 1 amide bonds. The van der Waals surface area contributed by atoms with Crippen LogP contribution in [0.1, 0.15) is 28.7 Å². The van der Waals surface area contributed by atoms with E-state index >= 15 is 0 Å². The number of benzene rings is 1. The molecule has 22 heavy (non-hydrogen) atoms. The average molecular weight is 313 g/mol. The van der Waals surface area contributed by atoms with Crippen molar-refractivity contribution in [3.8, 4) is 0 Å². The second-order valence-electron chi connectivity index (χ2n) is 4.90. The molecule has 3 aromatic rings. The summed E-state index contributed by atoms with van der Waals surface area (Å²) >= 11 is 1.22. The molecule has 2 aromatic heterocycles. The molecule has 0 fully saturated rings. The first-order chi connectivity index (χ1) is 10.7. The molecule has 0 atom stereocenters. The SMILES string of the molecule is CCCc1cc(=O)n2cc(C(=O)Nc3ccccc3)sc2n1. The van der Waals surface area contributed by atoms with Gasteiger partial charge in [0.25, 0.3) is 11.5 Å². The fourth-order valence-corrected chi connectivity index (χ4v) is 3.05. The first kappa shape index (κ1) is 14.5. The van der Waals surface area contributed by atoms with Crippen molar-refractivity contribution in [3.63, 3.8) is 0 Å². The lowest BCUT2D eigenvalue weighted by molar-refractivity contribution is 0.103. The Balaban J connectivity index is 1.93. The first-order valence-electron chi connectivity index (χ1n) is 7.06. The van der Waals surface area contributed by atoms with Crippen LogP contribution in [0, 0.1) is 0 Å². The van der Waals surface area contributed by atoms with Crippen molar-refractivity contribution in [2.45, 2.75) is 19.8 Å². The second-order valence-corrected chi connectivity index (χ2v) is 5.91. The van der Waals surface area contributed by atoms with E-state index in [0.717, 1.165) is 24.2 Å². The quantitative estimate of drug-likeness (QED) is 0.805. The molecule has 0 bridgehead atoms. The molecular formula is C16H15N3O2S. The predicted octanol–water partition coefficient (Wildman–Crippen LogP) is 2.96. The van der Waals surface area contributed by atoms with Crippen LogP contribution in [-0.4, -0.2) is 15.3 Å². The number of aryl methyl sites for hydroxylation is 1. The van der Waals surface area contributed by atoms with Crippen LogP contribution in [0.4, 0.5) is 5.69 Å². The van der Waals surface area contributed by atoms with Crippen molar-refractivity contribution >= 4 is 27.9 Å². The van der Waals surface area contributed by atoms with Gasteiger partial charge < -0.3 is 5.32 Å². The van der Waals surface area contributed by atoms with E-state index in [-0.39, 0.29) is 11.5 Å². The number of carbonyl (C=O) groups excluding carboxylic acids is 1. The first-order valence-corrected chi connectivity index (χ1v) is 7.87. The lowest BCUT2D eigenvalue weighted by atomic mass is 10.2. The summed E-state index contributed by atoms with van der Waals surface area (Å²) in [5.41, 5.74) is 1.34. The molecule has 0 aliphatic rings. The molecule has 5 nitrogen and oxygen atoms in total. The van der Waals surface area contributed by atoms with Gasteiger partial charge in [-0.05, 0) is 18.6 Å². The number of aromatic nitrogens is 2. The smallest absolute Gasteiger partial charge is 0.267 e. The molecule has 2 heterocycles. The molecule has 0 saturated carbocycles. The van der Waals surface area contributed by atoms with Gasteiger partial charge in [-0.2, -0.15) is 0 Å². The van der Waals surface area contributed by atoms with Gasteiger partial charge in [0, 0.05) is 23.6 Å². The van der Waals surface area contributed by atoms with E-state index in [1.54, 1.807) is 6.20 Å². The molecule has 6 heteroatoms. The van der Waals surface area contributed by atoms with E-state index in [4.69, 9.17) is 0 Å². The molecule has 1 N–H and O–H groups in total. The number of nitrogens with zero attached hydrogens (tertiary/aromatic N) is 2. The Kier molecular flexibility index (Phi) is 4.02. The van der Waals surface area contributed by atoms with Crippen LogP contribution >= 0.6 is 11.3 Å². The summed E-state index contributed by atoms with van der Waals surface area (Å²) in [7, 11) is 0. The third-order valence-corrected chi connectivity index (χ3v) is 4.16. The summed E-state index contributed by atoms with van der Waals surface area (Å²) < 4.78 is 1.42. The molecule has 0 radical (unpaired) electrons. The highest BCUT2D eigenvalue weighted by Crippen LogP contribution is 2.17. The highest BCUT2D eigenvalue weighted by molar-refractivity contribution is 7.18. The van der Waals surface area contributed by atoms with Crippen molar-refractivity contribution in [1.29, 1.82) is 0 Å². The molecule has 3 rings (SSSR count). The molecule has 1 aromatic carbocycles. The van der Waals surface area contributed by atoms with Crippen molar-refractivity contribution in [2.75, 3.05) is 5.32 Å². The van der Waals surface area contributed by atoms with Gasteiger partial charge >= 0.3 is 0 Å². The van der Waals surface area contributed by atoms with Crippen LogP contribution in [-0.2, 0) is 6.42 Å². The molecule has 0 unspecified atom stereocenters. The Bertz CT molecular complexity index is 868. The van der Waals surface area contributed by atoms with Crippen LogP contribution in [0.3, 0.4) is 0 Å². The number of thiazole rings is 1. The van der Waals surface area contributed by atoms with Gasteiger partial charge in [0.2, 0.25) is 0 Å². The Morgan fingerprint density at radius 2 is 2.09 bits per heavy atom. The number of carbonyl (C=O) groups is 1. The minimum Gasteiger partial charge on any atom is -0.321 e. The standard InChI is InChI=1S/C16H15N3O2S/c1-2-6-12-9-14(20)19-10-13(22-16(19)18-12)15(21)17-11-7-4-3-5-8-11/h3-5,7-10H,2,6H2,1H3,(H,17,21). The average Bonchev–Trinajstić information content (AvgIpc) is 2.93. The third-order valence-electron chi connectivity index (χ3n) is 3.18. The number of para-hydroxylation sites is 1. The van der Waals surface area contributed by atoms with E-state index in [1.165, 1.54) is 21.8 Å². The summed E-state index contributed by atoms with van der Waals surface area (Å²) in [6.45, 7) is 2.04. The molecule has 0 saturated heterocycles. The Morgan fingerprint density at radius 3 is 2.82 bits per heavy atom. The fraction of sp³-hybridized carbons (Fsp3) is 0.188. The van der Waals surface area contributed by atoms with Crippen LogP contribution < -0.4 is 10.9 Å². The van der Waals surface area contributed by atoms with Gasteiger partial charge in [0.1, 0.15) is 4.88 Å². The molecule has 112 valence electrons. The van der Waals surface area contributed by atoms with Gasteiger partial charge in [0.15, 0.2) is 4.96 Å². The van der Waals surface area contributed by atoms with Crippen molar-refractivity contribution in [3.05, 3.63) is 63.5 Å². The summed E-state index contributed by atoms with van der Waals surface area (Å²) in [5, 5.41) is 2.81. The normalized spacial score (nSPS) is 10.8. The largest absolute Gasteiger partial charge is 0.321 e. The summed E-state index contributed by atoms with van der Waals surface area (Å²) in [6, 6.07) is 10.7. The van der Waals surface area contributed by atoms with Gasteiger partial charge in [-0.15, -0.1) is 0 Å². The van der Waals surface area contributed by atoms with Gasteiger partial charge in [0.05, 0.1) is 0 Å². The number of nitrogens with one attached hydrogen (secondary N) is 1. The van der Waals surface area contributed by atoms with E-state index in [1.807, 2.05) is 37.3 Å². The molecule has 0 aliphatic heterocycles. The lowest BCUT2D eigenvalue weighted by Crippen LogP contribution is -2.14. The summed E-state index contributed by atoms with van der Waals surface area (Å²) in [6.07, 6.45) is 3.23. The zero-order chi connectivity index (χ0) is 15.5. The van der Waals surface area contributed by atoms with E-state index < -0.39 is 0 Å². The number of amides is 1. The zero-order valence-corrected chi connectivity index (χ0v) is 12.9. The monoisotopic (exact) mass is 313 g/mol. The molecule has 0 aliphatic carbocycles. The number of fused-ring (bicyclic) bond motifs is 1. The fourth-order valence-electron chi connectivity index (χ4n) is 2.15. The maximum Gasteiger partial charge on any atom is 0.267 e. The molecular weight excluding hydrogens is 298 g/mol. The van der Waals surface area contributed by atoms with Crippen LogP contribution in [0.15, 0.2) is 47.4 Å². The number of hydrogen-bond acceptors (Lipinski definition) is 4. The summed E-state index contributed by atoms with van der Waals surface area (Å²) in [4.78, 5) is 29.8. The van der Waals surface area contributed by atoms with Crippen LogP contribution in [0.2, 0.25) is 0 Å². The van der Waals surface area contributed by atoms with Crippen molar-refractivity contribution < 1.29 is 4.79 Å². The van der Waals surface area contributed by atoms with Crippen LogP contribution in [0.5, 0.6) is 0 Å². The molecule has 0 spiro atoms. The van der Waals surface area contributed by atoms with E-state index in [9.17, 15) is 9.59 Å². The van der Waals surface area contributed by atoms with E-state index in [2.05, 4.69) is 10.3 Å². The third kappa shape index (κ3) is 2.92. The van der Waals surface area contributed by atoms with E-state index in [0.29, 0.717) is 9.84 Å². The minimum atomic E-state index is -0.238. The number of rotatable bonds is 4. The van der Waals surface area contributed by atoms with Crippen molar-refractivity contribution in [2.24, 2.45) is 0 Å². The van der Waals surface area contributed by atoms with Crippen LogP contribution in [0.25, 0.3) is 4.96 Å². The predicted molar refractivity (Wildman–Crippen MR) is 87.7 cm³/mol. The second kappa shape index (κ2) is 6.11. The van der Waals surface area contributed by atoms with Gasteiger partial charge in [-0.1, -0.05) is 42.9 Å². The highest BCUT2D eigenvalue weighted by atomic mass is 32.1. The maximum absolute atomic E-state index is 12.3. The number of anilines is 1. The minimum absolute atomic E-state index is 0.150.